The average Bonchev–Trinajstić information content (AvgIpc) is 2.62. The number of anilines is 1. The zero-order chi connectivity index (χ0) is 17.7. The van der Waals surface area contributed by atoms with Gasteiger partial charge in [-0.15, -0.1) is 0 Å². The summed E-state index contributed by atoms with van der Waals surface area (Å²) in [7, 11) is -3.34. The summed E-state index contributed by atoms with van der Waals surface area (Å²) in [6.07, 6.45) is 4.64. The van der Waals surface area contributed by atoms with Gasteiger partial charge in [-0.3, -0.25) is 4.90 Å². The summed E-state index contributed by atoms with van der Waals surface area (Å²) in [5, 5.41) is 6.55. The molecule has 9 heteroatoms. The topological polar surface area (TPSA) is 96.5 Å². The third-order valence-electron chi connectivity index (χ3n) is 4.68. The van der Waals surface area contributed by atoms with Crippen molar-refractivity contribution < 1.29 is 13.2 Å². The minimum atomic E-state index is -3.34. The smallest absolute Gasteiger partial charge is 0.222 e. The minimum Gasteiger partial charge on any atom is -0.379 e. The van der Waals surface area contributed by atoms with Crippen molar-refractivity contribution in [3.63, 3.8) is 0 Å². The van der Waals surface area contributed by atoms with Gasteiger partial charge in [-0.1, -0.05) is 0 Å². The van der Waals surface area contributed by atoms with Crippen LogP contribution in [0.4, 0.5) is 5.95 Å². The highest BCUT2D eigenvalue weighted by Crippen LogP contribution is 2.27. The van der Waals surface area contributed by atoms with E-state index in [1.807, 2.05) is 0 Å². The van der Waals surface area contributed by atoms with Crippen LogP contribution in [0.2, 0.25) is 0 Å². The van der Waals surface area contributed by atoms with Gasteiger partial charge in [0.1, 0.15) is 4.90 Å². The Hall–Kier alpha value is -1.29. The first-order chi connectivity index (χ1) is 12.0. The molecule has 0 unspecified atom stereocenters. The summed E-state index contributed by atoms with van der Waals surface area (Å²) in [4.78, 5) is 11.4. The highest BCUT2D eigenvalue weighted by atomic mass is 32.2. The van der Waals surface area contributed by atoms with Gasteiger partial charge in [0, 0.05) is 44.9 Å². The molecule has 3 rings (SSSR count). The molecule has 0 aliphatic carbocycles. The summed E-state index contributed by atoms with van der Waals surface area (Å²) in [6.45, 7) is 6.77. The molecule has 140 valence electrons. The first kappa shape index (κ1) is 18.5. The summed E-state index contributed by atoms with van der Waals surface area (Å²) >= 11 is 0. The lowest BCUT2D eigenvalue weighted by Gasteiger charge is -2.26. The summed E-state index contributed by atoms with van der Waals surface area (Å²) in [6, 6.07) is 0. The molecule has 2 saturated heterocycles. The lowest BCUT2D eigenvalue weighted by atomic mass is 9.96. The van der Waals surface area contributed by atoms with Gasteiger partial charge in [-0.2, -0.15) is 0 Å². The predicted molar refractivity (Wildman–Crippen MR) is 95.7 cm³/mol. The van der Waals surface area contributed by atoms with Crippen LogP contribution < -0.4 is 10.6 Å². The second-order valence-electron chi connectivity index (χ2n) is 6.64. The Morgan fingerprint density at radius 1 is 1.40 bits per heavy atom. The number of aromatic nitrogens is 2. The minimum absolute atomic E-state index is 0.112. The molecule has 0 amide bonds. The Morgan fingerprint density at radius 2 is 2.20 bits per heavy atom. The third-order valence-corrected chi connectivity index (χ3v) is 5.79. The average molecular weight is 369 g/mol. The molecule has 25 heavy (non-hydrogen) atoms. The van der Waals surface area contributed by atoms with Crippen LogP contribution in [0, 0.1) is 0 Å². The highest BCUT2D eigenvalue weighted by Gasteiger charge is 2.25. The van der Waals surface area contributed by atoms with Crippen molar-refractivity contribution in [3.8, 4) is 0 Å². The molecule has 0 spiro atoms. The number of hydrogen-bond donors (Lipinski definition) is 2. The molecule has 0 aromatic carbocycles. The van der Waals surface area contributed by atoms with Crippen molar-refractivity contribution in [2.45, 2.75) is 23.7 Å². The second kappa shape index (κ2) is 8.39. The number of ether oxygens (including phenoxy) is 1. The fraction of sp³-hybridized carbons (Fsp3) is 0.750. The zero-order valence-corrected chi connectivity index (χ0v) is 15.5. The van der Waals surface area contributed by atoms with Crippen LogP contribution in [-0.4, -0.2) is 82.0 Å². The largest absolute Gasteiger partial charge is 0.379 e. The van der Waals surface area contributed by atoms with E-state index in [9.17, 15) is 8.42 Å². The monoisotopic (exact) mass is 369 g/mol. The fourth-order valence-corrected chi connectivity index (χ4v) is 4.12. The molecule has 2 N–H and O–H groups in total. The number of morpholine rings is 1. The van der Waals surface area contributed by atoms with E-state index in [2.05, 4.69) is 25.5 Å². The van der Waals surface area contributed by atoms with E-state index in [-0.39, 0.29) is 10.8 Å². The van der Waals surface area contributed by atoms with Crippen molar-refractivity contribution in [1.82, 2.24) is 20.2 Å². The SMILES string of the molecule is CS(=O)(=O)c1cnc(NCCN2CCOCC2)nc1[C@@H]1CCCNC1. The lowest BCUT2D eigenvalue weighted by molar-refractivity contribution is 0.0398. The van der Waals surface area contributed by atoms with E-state index < -0.39 is 9.84 Å². The second-order valence-corrected chi connectivity index (χ2v) is 8.62. The molecule has 2 fully saturated rings. The molecule has 1 atom stereocenters. The van der Waals surface area contributed by atoms with Crippen LogP contribution in [0.5, 0.6) is 0 Å². The standard InChI is InChI=1S/C16H27N5O3S/c1-25(22,23)14-12-19-16(18-5-6-21-7-9-24-10-8-21)20-15(14)13-3-2-4-17-11-13/h12-13,17H,2-11H2,1H3,(H,18,19,20)/t13-/m1/s1. The normalized spacial score (nSPS) is 22.7. The van der Waals surface area contributed by atoms with Gasteiger partial charge in [0.25, 0.3) is 0 Å². The molecule has 0 saturated carbocycles. The van der Waals surface area contributed by atoms with Gasteiger partial charge < -0.3 is 15.4 Å². The Bertz CT molecular complexity index is 670. The number of rotatable bonds is 6. The Balaban J connectivity index is 1.69. The molecule has 0 radical (unpaired) electrons. The van der Waals surface area contributed by atoms with Crippen LogP contribution >= 0.6 is 0 Å². The molecule has 2 aliphatic heterocycles. The summed E-state index contributed by atoms with van der Waals surface area (Å²) in [5.74, 6) is 0.613. The first-order valence-corrected chi connectivity index (χ1v) is 10.7. The lowest BCUT2D eigenvalue weighted by Crippen LogP contribution is -2.39. The Morgan fingerprint density at radius 3 is 2.88 bits per heavy atom. The van der Waals surface area contributed by atoms with Gasteiger partial charge in [-0.25, -0.2) is 18.4 Å². The maximum absolute atomic E-state index is 12.1. The van der Waals surface area contributed by atoms with Crippen LogP contribution in [0.3, 0.4) is 0 Å². The Labute approximate surface area is 149 Å². The molecule has 1 aromatic heterocycles. The quantitative estimate of drug-likeness (QED) is 0.728. The van der Waals surface area contributed by atoms with Gasteiger partial charge in [-0.05, 0) is 19.4 Å². The number of nitrogens with one attached hydrogen (secondary N) is 2. The molecular weight excluding hydrogens is 342 g/mol. The van der Waals surface area contributed by atoms with E-state index in [0.29, 0.717) is 11.6 Å². The molecule has 2 aliphatic rings. The summed E-state index contributed by atoms with van der Waals surface area (Å²) < 4.78 is 29.5. The number of nitrogens with zero attached hydrogens (tertiary/aromatic N) is 3. The van der Waals surface area contributed by atoms with E-state index in [1.54, 1.807) is 0 Å². The maximum atomic E-state index is 12.1. The molecule has 1 aromatic rings. The highest BCUT2D eigenvalue weighted by molar-refractivity contribution is 7.90. The van der Waals surface area contributed by atoms with Gasteiger partial charge in [0.15, 0.2) is 9.84 Å². The molecule has 0 bridgehead atoms. The van der Waals surface area contributed by atoms with Crippen molar-refractivity contribution in [2.24, 2.45) is 0 Å². The van der Waals surface area contributed by atoms with E-state index >= 15 is 0 Å². The van der Waals surface area contributed by atoms with Gasteiger partial charge in [0.05, 0.1) is 25.1 Å². The van der Waals surface area contributed by atoms with E-state index in [1.165, 1.54) is 12.5 Å². The Kier molecular flexibility index (Phi) is 6.21. The van der Waals surface area contributed by atoms with Crippen LogP contribution in [0.1, 0.15) is 24.5 Å². The molecular formula is C16H27N5O3S. The van der Waals surface area contributed by atoms with E-state index in [0.717, 1.165) is 65.3 Å². The zero-order valence-electron chi connectivity index (χ0n) is 14.7. The van der Waals surface area contributed by atoms with Gasteiger partial charge in [0.2, 0.25) is 5.95 Å². The first-order valence-electron chi connectivity index (χ1n) is 8.86. The van der Waals surface area contributed by atoms with Gasteiger partial charge >= 0.3 is 0 Å². The van der Waals surface area contributed by atoms with Crippen molar-refractivity contribution in [2.75, 3.05) is 64.1 Å². The molecule has 8 nitrogen and oxygen atoms in total. The van der Waals surface area contributed by atoms with Crippen LogP contribution in [0.15, 0.2) is 11.1 Å². The number of hydrogen-bond acceptors (Lipinski definition) is 8. The number of sulfone groups is 1. The van der Waals surface area contributed by atoms with Crippen molar-refractivity contribution in [3.05, 3.63) is 11.9 Å². The van der Waals surface area contributed by atoms with Crippen molar-refractivity contribution >= 4 is 15.8 Å². The maximum Gasteiger partial charge on any atom is 0.222 e. The fourth-order valence-electron chi connectivity index (χ4n) is 3.28. The van der Waals surface area contributed by atoms with Crippen molar-refractivity contribution in [1.29, 1.82) is 0 Å². The summed E-state index contributed by atoms with van der Waals surface area (Å²) in [5.41, 5.74) is 0.638. The molecule has 3 heterocycles. The third kappa shape index (κ3) is 5.10. The van der Waals surface area contributed by atoms with E-state index in [4.69, 9.17) is 4.74 Å². The van der Waals surface area contributed by atoms with Crippen LogP contribution in [-0.2, 0) is 14.6 Å². The van der Waals surface area contributed by atoms with Crippen LogP contribution in [0.25, 0.3) is 0 Å². The predicted octanol–water partition coefficient (Wildman–Crippen LogP) is 0.0912. The number of piperidine rings is 1.